The standard InChI is InChI=1S/C11H16N4O4/c1-2-3-4-7-14(11(12)16)13-8-9-5-6-10(19-9)15(17)18/h5-6,8H,2-4,7H2,1H3,(H2,12,16)/b13-8+. The number of carbonyl (C=O) groups excluding carboxylic acids is 1. The predicted molar refractivity (Wildman–Crippen MR) is 68.8 cm³/mol. The van der Waals surface area contributed by atoms with Crippen molar-refractivity contribution in [3.05, 3.63) is 28.0 Å². The summed E-state index contributed by atoms with van der Waals surface area (Å²) in [6.07, 6.45) is 3.99. The largest absolute Gasteiger partial charge is 0.433 e. The number of nitro groups is 1. The molecule has 1 heterocycles. The van der Waals surface area contributed by atoms with Crippen LogP contribution in [0.15, 0.2) is 21.7 Å². The smallest absolute Gasteiger partial charge is 0.400 e. The fourth-order valence-electron chi connectivity index (χ4n) is 1.37. The normalized spacial score (nSPS) is 10.8. The highest BCUT2D eigenvalue weighted by molar-refractivity contribution is 5.79. The number of amides is 2. The van der Waals surface area contributed by atoms with Gasteiger partial charge in [0.1, 0.15) is 4.92 Å². The Morgan fingerprint density at radius 3 is 2.84 bits per heavy atom. The zero-order valence-electron chi connectivity index (χ0n) is 10.6. The first kappa shape index (κ1) is 14.7. The molecule has 0 saturated heterocycles. The molecule has 2 amide bonds. The van der Waals surface area contributed by atoms with Crippen LogP contribution in [0.25, 0.3) is 0 Å². The van der Waals surface area contributed by atoms with Gasteiger partial charge in [-0.15, -0.1) is 0 Å². The second-order valence-corrected chi connectivity index (χ2v) is 3.85. The maximum absolute atomic E-state index is 11.1. The third-order valence-electron chi connectivity index (χ3n) is 2.34. The van der Waals surface area contributed by atoms with Gasteiger partial charge < -0.3 is 10.2 Å². The zero-order chi connectivity index (χ0) is 14.3. The number of rotatable bonds is 7. The number of carbonyl (C=O) groups is 1. The minimum absolute atomic E-state index is 0.188. The van der Waals surface area contributed by atoms with E-state index in [9.17, 15) is 14.9 Å². The Kier molecular flexibility index (Phi) is 5.52. The minimum Gasteiger partial charge on any atom is -0.400 e. The third kappa shape index (κ3) is 4.78. The summed E-state index contributed by atoms with van der Waals surface area (Å²) in [4.78, 5) is 20.9. The van der Waals surface area contributed by atoms with Crippen LogP contribution < -0.4 is 5.73 Å². The molecule has 0 unspecified atom stereocenters. The molecule has 2 N–H and O–H groups in total. The maximum Gasteiger partial charge on any atom is 0.433 e. The lowest BCUT2D eigenvalue weighted by atomic mass is 10.2. The molecular formula is C11H16N4O4. The van der Waals surface area contributed by atoms with Crippen LogP contribution in [0, 0.1) is 10.1 Å². The van der Waals surface area contributed by atoms with Crippen LogP contribution in [-0.2, 0) is 0 Å². The van der Waals surface area contributed by atoms with E-state index in [1.165, 1.54) is 18.3 Å². The first-order valence-corrected chi connectivity index (χ1v) is 5.89. The highest BCUT2D eigenvalue weighted by atomic mass is 16.6. The van der Waals surface area contributed by atoms with E-state index in [1.807, 2.05) is 6.92 Å². The van der Waals surface area contributed by atoms with Crippen molar-refractivity contribution in [1.29, 1.82) is 0 Å². The number of hydrogen-bond acceptors (Lipinski definition) is 5. The van der Waals surface area contributed by atoms with Gasteiger partial charge in [0.25, 0.3) is 0 Å². The zero-order valence-corrected chi connectivity index (χ0v) is 10.6. The van der Waals surface area contributed by atoms with Gasteiger partial charge in [0.2, 0.25) is 0 Å². The molecule has 0 atom stereocenters. The average molecular weight is 268 g/mol. The fraction of sp³-hybridized carbons (Fsp3) is 0.455. The molecule has 104 valence electrons. The summed E-state index contributed by atoms with van der Waals surface area (Å²) < 4.78 is 4.87. The van der Waals surface area contributed by atoms with Crippen molar-refractivity contribution in [2.45, 2.75) is 26.2 Å². The highest BCUT2D eigenvalue weighted by Crippen LogP contribution is 2.14. The maximum atomic E-state index is 11.1. The van der Waals surface area contributed by atoms with Gasteiger partial charge in [0.05, 0.1) is 12.3 Å². The number of furan rings is 1. The Bertz CT molecular complexity index is 469. The number of urea groups is 1. The molecule has 1 aromatic rings. The van der Waals surface area contributed by atoms with E-state index in [0.29, 0.717) is 6.54 Å². The van der Waals surface area contributed by atoms with Crippen LogP contribution in [0.2, 0.25) is 0 Å². The van der Waals surface area contributed by atoms with E-state index in [2.05, 4.69) is 5.10 Å². The fourth-order valence-corrected chi connectivity index (χ4v) is 1.37. The van der Waals surface area contributed by atoms with Crippen molar-refractivity contribution >= 4 is 18.1 Å². The molecule has 1 aromatic heterocycles. The molecule has 0 aromatic carbocycles. The van der Waals surface area contributed by atoms with Crippen molar-refractivity contribution in [3.63, 3.8) is 0 Å². The summed E-state index contributed by atoms with van der Waals surface area (Å²) in [6.45, 7) is 2.45. The van der Waals surface area contributed by atoms with Crippen molar-refractivity contribution in [2.75, 3.05) is 6.54 Å². The topological polar surface area (TPSA) is 115 Å². The molecule has 0 aliphatic carbocycles. The lowest BCUT2D eigenvalue weighted by molar-refractivity contribution is -0.402. The van der Waals surface area contributed by atoms with Crippen LogP contribution in [0.5, 0.6) is 0 Å². The molecule has 0 fully saturated rings. The van der Waals surface area contributed by atoms with Gasteiger partial charge in [-0.1, -0.05) is 19.8 Å². The monoisotopic (exact) mass is 268 g/mol. The van der Waals surface area contributed by atoms with Gasteiger partial charge in [-0.05, 0) is 12.5 Å². The van der Waals surface area contributed by atoms with Crippen LogP contribution in [0.3, 0.4) is 0 Å². The highest BCUT2D eigenvalue weighted by Gasteiger charge is 2.11. The number of hydrazone groups is 1. The second kappa shape index (κ2) is 7.14. The van der Waals surface area contributed by atoms with Crippen molar-refractivity contribution in [2.24, 2.45) is 10.8 Å². The average Bonchev–Trinajstić information content (AvgIpc) is 2.82. The number of hydrogen-bond donors (Lipinski definition) is 1. The van der Waals surface area contributed by atoms with Crippen molar-refractivity contribution < 1.29 is 14.1 Å². The van der Waals surface area contributed by atoms with Crippen molar-refractivity contribution in [3.8, 4) is 0 Å². The molecule has 19 heavy (non-hydrogen) atoms. The summed E-state index contributed by atoms with van der Waals surface area (Å²) >= 11 is 0. The summed E-state index contributed by atoms with van der Waals surface area (Å²) in [5.41, 5.74) is 5.17. The first-order valence-electron chi connectivity index (χ1n) is 5.89. The summed E-state index contributed by atoms with van der Waals surface area (Å²) in [7, 11) is 0. The molecule has 8 nitrogen and oxygen atoms in total. The van der Waals surface area contributed by atoms with Crippen LogP contribution in [-0.4, -0.2) is 28.7 Å². The van der Waals surface area contributed by atoms with E-state index in [1.54, 1.807) is 0 Å². The van der Waals surface area contributed by atoms with Crippen LogP contribution in [0.4, 0.5) is 10.7 Å². The number of nitrogens with zero attached hydrogens (tertiary/aromatic N) is 3. The van der Waals surface area contributed by atoms with Gasteiger partial charge in [0, 0.05) is 6.54 Å². The second-order valence-electron chi connectivity index (χ2n) is 3.85. The first-order chi connectivity index (χ1) is 9.04. The molecule has 0 saturated carbocycles. The Morgan fingerprint density at radius 1 is 1.58 bits per heavy atom. The molecule has 0 aliphatic heterocycles. The summed E-state index contributed by atoms with van der Waals surface area (Å²) in [5, 5.41) is 15.4. The van der Waals surface area contributed by atoms with E-state index in [0.717, 1.165) is 24.3 Å². The Hall–Kier alpha value is -2.38. The molecule has 0 radical (unpaired) electrons. The Balaban J connectivity index is 2.63. The molecule has 0 aliphatic rings. The molecular weight excluding hydrogens is 252 g/mol. The molecule has 0 spiro atoms. The summed E-state index contributed by atoms with van der Waals surface area (Å²) in [5.74, 6) is -0.188. The number of nitrogens with two attached hydrogens (primary N) is 1. The van der Waals surface area contributed by atoms with Crippen LogP contribution in [0.1, 0.15) is 31.9 Å². The van der Waals surface area contributed by atoms with Crippen molar-refractivity contribution in [1.82, 2.24) is 5.01 Å². The van der Waals surface area contributed by atoms with E-state index >= 15 is 0 Å². The SMILES string of the molecule is CCCCCN(/N=C/c1ccc([N+](=O)[O-])o1)C(N)=O. The Morgan fingerprint density at radius 2 is 2.32 bits per heavy atom. The summed E-state index contributed by atoms with van der Waals surface area (Å²) in [6, 6.07) is 1.94. The number of unbranched alkanes of at least 4 members (excludes halogenated alkanes) is 2. The predicted octanol–water partition coefficient (Wildman–Crippen LogP) is 2.09. The molecule has 1 rings (SSSR count). The van der Waals surface area contributed by atoms with Gasteiger partial charge >= 0.3 is 11.9 Å². The van der Waals surface area contributed by atoms with E-state index in [-0.39, 0.29) is 11.6 Å². The lowest BCUT2D eigenvalue weighted by Crippen LogP contribution is -2.32. The molecule has 0 bridgehead atoms. The van der Waals surface area contributed by atoms with Crippen LogP contribution >= 0.6 is 0 Å². The van der Waals surface area contributed by atoms with Gasteiger partial charge in [-0.3, -0.25) is 10.1 Å². The van der Waals surface area contributed by atoms with Gasteiger partial charge in [-0.2, -0.15) is 5.10 Å². The lowest BCUT2D eigenvalue weighted by Gasteiger charge is -2.13. The minimum atomic E-state index is -0.673. The van der Waals surface area contributed by atoms with E-state index < -0.39 is 11.0 Å². The third-order valence-corrected chi connectivity index (χ3v) is 2.34. The number of primary amides is 1. The van der Waals surface area contributed by atoms with Gasteiger partial charge in [0.15, 0.2) is 5.76 Å². The Labute approximate surface area is 110 Å². The van der Waals surface area contributed by atoms with Gasteiger partial charge in [-0.25, -0.2) is 9.80 Å². The van der Waals surface area contributed by atoms with E-state index in [4.69, 9.17) is 10.2 Å². The molecule has 8 heteroatoms. The quantitative estimate of drug-likeness (QED) is 0.353.